The second kappa shape index (κ2) is 10.8. The topological polar surface area (TPSA) is 92.8 Å². The molecule has 0 unspecified atom stereocenters. The van der Waals surface area contributed by atoms with Gasteiger partial charge in [-0.2, -0.15) is 0 Å². The van der Waals surface area contributed by atoms with Gasteiger partial charge in [0.1, 0.15) is 0 Å². The molecule has 0 fully saturated rings. The highest BCUT2D eigenvalue weighted by Gasteiger charge is 2.24. The molecule has 0 saturated carbocycles. The fourth-order valence-corrected chi connectivity index (χ4v) is 4.49. The second-order valence-corrected chi connectivity index (χ2v) is 8.55. The Morgan fingerprint density at radius 3 is 2.27 bits per heavy atom. The van der Waals surface area contributed by atoms with Gasteiger partial charge in [0.05, 0.1) is 16.1 Å². The molecule has 0 aliphatic heterocycles. The minimum absolute atomic E-state index is 0.0239. The number of ether oxygens (including phenoxy) is 1. The van der Waals surface area contributed by atoms with E-state index in [9.17, 15) is 18.0 Å². The van der Waals surface area contributed by atoms with Crippen molar-refractivity contribution in [1.82, 2.24) is 5.32 Å². The van der Waals surface area contributed by atoms with E-state index in [1.54, 1.807) is 37.3 Å². The van der Waals surface area contributed by atoms with Gasteiger partial charge in [-0.15, -0.1) is 0 Å². The lowest BCUT2D eigenvalue weighted by Crippen LogP contribution is -2.36. The zero-order valence-corrected chi connectivity index (χ0v) is 18.3. The summed E-state index contributed by atoms with van der Waals surface area (Å²) < 4.78 is 32.5. The minimum Gasteiger partial charge on any atom is -0.452 e. The molecule has 2 aromatic rings. The van der Waals surface area contributed by atoms with Crippen molar-refractivity contribution in [2.24, 2.45) is 0 Å². The van der Waals surface area contributed by atoms with E-state index in [1.165, 1.54) is 28.6 Å². The SMILES string of the molecule is CCC(CC)NC(=O)COC(=O)c1cccc(S(=O)(=O)N(CC)c2ccccc2)c1. The van der Waals surface area contributed by atoms with Crippen molar-refractivity contribution in [3.8, 4) is 0 Å². The van der Waals surface area contributed by atoms with Crippen molar-refractivity contribution >= 4 is 27.6 Å². The second-order valence-electron chi connectivity index (χ2n) is 6.69. The summed E-state index contributed by atoms with van der Waals surface area (Å²) in [4.78, 5) is 24.3. The molecule has 162 valence electrons. The van der Waals surface area contributed by atoms with E-state index in [0.717, 1.165) is 12.8 Å². The average Bonchev–Trinajstić information content (AvgIpc) is 2.77. The Balaban J connectivity index is 2.15. The fourth-order valence-electron chi connectivity index (χ4n) is 2.97. The molecule has 0 bridgehead atoms. The van der Waals surface area contributed by atoms with Crippen LogP contribution in [0, 0.1) is 0 Å². The van der Waals surface area contributed by atoms with Crippen molar-refractivity contribution in [2.75, 3.05) is 17.5 Å². The average molecular weight is 433 g/mol. The number of sulfonamides is 1. The molecule has 30 heavy (non-hydrogen) atoms. The summed E-state index contributed by atoms with van der Waals surface area (Å²) in [6.45, 7) is 5.47. The molecule has 0 atom stereocenters. The number of carbonyl (C=O) groups is 2. The van der Waals surface area contributed by atoms with E-state index < -0.39 is 22.6 Å². The van der Waals surface area contributed by atoms with Crippen molar-refractivity contribution in [1.29, 1.82) is 0 Å². The highest BCUT2D eigenvalue weighted by Crippen LogP contribution is 2.24. The highest BCUT2D eigenvalue weighted by molar-refractivity contribution is 7.92. The zero-order chi connectivity index (χ0) is 22.1. The zero-order valence-electron chi connectivity index (χ0n) is 17.5. The van der Waals surface area contributed by atoms with E-state index >= 15 is 0 Å². The monoisotopic (exact) mass is 432 g/mol. The molecule has 0 saturated heterocycles. The molecule has 1 N–H and O–H groups in total. The largest absolute Gasteiger partial charge is 0.452 e. The van der Waals surface area contributed by atoms with Crippen LogP contribution in [0.3, 0.4) is 0 Å². The summed E-state index contributed by atoms with van der Waals surface area (Å²) in [7, 11) is -3.87. The van der Waals surface area contributed by atoms with Crippen LogP contribution >= 0.6 is 0 Å². The third-order valence-electron chi connectivity index (χ3n) is 4.67. The summed E-state index contributed by atoms with van der Waals surface area (Å²) in [5.74, 6) is -1.14. The van der Waals surface area contributed by atoms with Crippen LogP contribution in [0.25, 0.3) is 0 Å². The maximum atomic E-state index is 13.1. The van der Waals surface area contributed by atoms with Gasteiger partial charge in [0.25, 0.3) is 15.9 Å². The van der Waals surface area contributed by atoms with Gasteiger partial charge in [-0.3, -0.25) is 9.10 Å². The van der Waals surface area contributed by atoms with Gasteiger partial charge < -0.3 is 10.1 Å². The standard InChI is InChI=1S/C22H28N2O5S/c1-4-18(5-2)23-21(25)16-29-22(26)17-11-10-14-20(15-17)30(27,28)24(6-3)19-12-8-7-9-13-19/h7-15,18H,4-6,16H2,1-3H3,(H,23,25). The Morgan fingerprint density at radius 1 is 1.00 bits per heavy atom. The van der Waals surface area contributed by atoms with Gasteiger partial charge in [-0.05, 0) is 50.1 Å². The van der Waals surface area contributed by atoms with Gasteiger partial charge >= 0.3 is 5.97 Å². The summed E-state index contributed by atoms with van der Waals surface area (Å²) in [6, 6.07) is 14.4. The molecular formula is C22H28N2O5S. The molecule has 0 spiro atoms. The number of hydrogen-bond donors (Lipinski definition) is 1. The number of rotatable bonds is 10. The number of amides is 1. The van der Waals surface area contributed by atoms with Gasteiger partial charge in [-0.25, -0.2) is 13.2 Å². The number of benzene rings is 2. The van der Waals surface area contributed by atoms with Crippen molar-refractivity contribution in [2.45, 2.75) is 44.6 Å². The highest BCUT2D eigenvalue weighted by atomic mass is 32.2. The molecule has 2 rings (SSSR count). The van der Waals surface area contributed by atoms with Crippen LogP contribution in [0.15, 0.2) is 59.5 Å². The summed E-state index contributed by atoms with van der Waals surface area (Å²) in [6.07, 6.45) is 1.57. The minimum atomic E-state index is -3.87. The Kier molecular flexibility index (Phi) is 8.41. The summed E-state index contributed by atoms with van der Waals surface area (Å²) >= 11 is 0. The van der Waals surface area contributed by atoms with Crippen LogP contribution in [0.2, 0.25) is 0 Å². The van der Waals surface area contributed by atoms with E-state index in [-0.39, 0.29) is 29.0 Å². The van der Waals surface area contributed by atoms with E-state index in [1.807, 2.05) is 13.8 Å². The van der Waals surface area contributed by atoms with E-state index in [2.05, 4.69) is 5.32 Å². The maximum Gasteiger partial charge on any atom is 0.338 e. The first-order chi connectivity index (χ1) is 14.3. The molecule has 1 amide bonds. The predicted molar refractivity (Wildman–Crippen MR) is 116 cm³/mol. The third kappa shape index (κ3) is 5.82. The lowest BCUT2D eigenvalue weighted by atomic mass is 10.2. The van der Waals surface area contributed by atoms with Gasteiger partial charge in [0.2, 0.25) is 0 Å². The van der Waals surface area contributed by atoms with Gasteiger partial charge in [-0.1, -0.05) is 38.1 Å². The Bertz CT molecular complexity index is 957. The Morgan fingerprint density at radius 2 is 1.67 bits per heavy atom. The van der Waals surface area contributed by atoms with E-state index in [0.29, 0.717) is 5.69 Å². The predicted octanol–water partition coefficient (Wildman–Crippen LogP) is 3.36. The first kappa shape index (κ1) is 23.4. The number of anilines is 1. The normalized spacial score (nSPS) is 11.2. The van der Waals surface area contributed by atoms with Crippen LogP contribution in [-0.4, -0.2) is 39.5 Å². The molecule has 2 aromatic carbocycles. The molecule has 7 nitrogen and oxygen atoms in total. The number of nitrogens with zero attached hydrogens (tertiary/aromatic N) is 1. The molecule has 0 aliphatic rings. The molecule has 0 aliphatic carbocycles. The van der Waals surface area contributed by atoms with E-state index in [4.69, 9.17) is 4.74 Å². The van der Waals surface area contributed by atoms with Gasteiger partial charge in [0, 0.05) is 12.6 Å². The smallest absolute Gasteiger partial charge is 0.338 e. The van der Waals surface area contributed by atoms with Crippen LogP contribution in [0.4, 0.5) is 5.69 Å². The number of esters is 1. The molecule has 8 heteroatoms. The first-order valence-corrected chi connectivity index (χ1v) is 11.4. The lowest BCUT2D eigenvalue weighted by molar-refractivity contribution is -0.125. The fraction of sp³-hybridized carbons (Fsp3) is 0.364. The van der Waals surface area contributed by atoms with Gasteiger partial charge in [0.15, 0.2) is 6.61 Å². The van der Waals surface area contributed by atoms with Crippen LogP contribution < -0.4 is 9.62 Å². The van der Waals surface area contributed by atoms with Crippen LogP contribution in [-0.2, 0) is 19.6 Å². The number of carbonyl (C=O) groups excluding carboxylic acids is 2. The lowest BCUT2D eigenvalue weighted by Gasteiger charge is -2.23. The molecular weight excluding hydrogens is 404 g/mol. The number of nitrogens with one attached hydrogen (secondary N) is 1. The Labute approximate surface area is 178 Å². The van der Waals surface area contributed by atoms with Crippen molar-refractivity contribution < 1.29 is 22.7 Å². The molecule has 0 radical (unpaired) electrons. The summed E-state index contributed by atoms with van der Waals surface area (Å²) in [5.41, 5.74) is 0.599. The molecule has 0 aromatic heterocycles. The van der Waals surface area contributed by atoms with Crippen LogP contribution in [0.5, 0.6) is 0 Å². The first-order valence-electron chi connectivity index (χ1n) is 9.97. The third-order valence-corrected chi connectivity index (χ3v) is 6.57. The van der Waals surface area contributed by atoms with Crippen molar-refractivity contribution in [3.05, 3.63) is 60.2 Å². The van der Waals surface area contributed by atoms with Crippen molar-refractivity contribution in [3.63, 3.8) is 0 Å². The maximum absolute atomic E-state index is 13.1. The summed E-state index contributed by atoms with van der Waals surface area (Å²) in [5, 5.41) is 2.78. The number of para-hydroxylation sites is 1. The number of hydrogen-bond acceptors (Lipinski definition) is 5. The Hall–Kier alpha value is -2.87. The quantitative estimate of drug-likeness (QED) is 0.581. The molecule has 0 heterocycles. The van der Waals surface area contributed by atoms with Crippen LogP contribution in [0.1, 0.15) is 44.0 Å².